The zero-order valence-corrected chi connectivity index (χ0v) is 10.9. The maximum atomic E-state index is 11.4. The highest BCUT2D eigenvalue weighted by Gasteiger charge is 2.24. The lowest BCUT2D eigenvalue weighted by Gasteiger charge is -2.12. The second-order valence-corrected chi connectivity index (χ2v) is 4.77. The average molecular weight is 257 g/mol. The van der Waals surface area contributed by atoms with Gasteiger partial charge in [-0.3, -0.25) is 9.89 Å². The molecule has 5 nitrogen and oxygen atoms in total. The summed E-state index contributed by atoms with van der Waals surface area (Å²) < 4.78 is 5.83. The number of aromatic nitrogens is 2. The van der Waals surface area contributed by atoms with Crippen LogP contribution in [-0.2, 0) is 6.42 Å². The largest absolute Gasteiger partial charge is 0.492 e. The van der Waals surface area contributed by atoms with E-state index in [4.69, 9.17) is 10.5 Å². The predicted octanol–water partition coefficient (Wildman–Crippen LogP) is 1.73. The molecule has 1 aromatic carbocycles. The van der Waals surface area contributed by atoms with Gasteiger partial charge in [-0.1, -0.05) is 6.07 Å². The van der Waals surface area contributed by atoms with E-state index in [2.05, 4.69) is 10.2 Å². The Morgan fingerprint density at radius 2 is 2.21 bits per heavy atom. The molecule has 1 aromatic heterocycles. The van der Waals surface area contributed by atoms with Crippen LogP contribution in [0.2, 0.25) is 0 Å². The molecule has 2 aromatic rings. The molecule has 0 radical (unpaired) electrons. The first-order valence-corrected chi connectivity index (χ1v) is 6.20. The Kier molecular flexibility index (Phi) is 2.55. The van der Waals surface area contributed by atoms with Gasteiger partial charge in [0.25, 0.3) is 5.91 Å². The van der Waals surface area contributed by atoms with Crippen molar-refractivity contribution in [1.29, 1.82) is 0 Å². The van der Waals surface area contributed by atoms with Gasteiger partial charge in [0.1, 0.15) is 11.4 Å². The van der Waals surface area contributed by atoms with Crippen LogP contribution in [-0.4, -0.2) is 22.7 Å². The molecule has 0 unspecified atom stereocenters. The summed E-state index contributed by atoms with van der Waals surface area (Å²) in [4.78, 5) is 11.4. The van der Waals surface area contributed by atoms with Gasteiger partial charge in [0.2, 0.25) is 0 Å². The molecule has 98 valence electrons. The first-order chi connectivity index (χ1) is 9.09. The second kappa shape index (κ2) is 4.12. The molecule has 1 aliphatic rings. The maximum absolute atomic E-state index is 11.4. The molecule has 0 fully saturated rings. The van der Waals surface area contributed by atoms with Gasteiger partial charge >= 0.3 is 0 Å². The number of nitrogens with one attached hydrogen (secondary N) is 1. The summed E-state index contributed by atoms with van der Waals surface area (Å²) in [6.07, 6.45) is 0.622. The van der Waals surface area contributed by atoms with E-state index in [1.165, 1.54) is 5.56 Å². The number of carbonyl (C=O) groups excluding carboxylic acids is 1. The molecule has 3 rings (SSSR count). The van der Waals surface area contributed by atoms with Crippen LogP contribution >= 0.6 is 0 Å². The van der Waals surface area contributed by atoms with Crippen molar-refractivity contribution in [2.45, 2.75) is 20.3 Å². The number of amides is 1. The lowest BCUT2D eigenvalue weighted by molar-refractivity contribution is 0.0994. The molecule has 1 amide bonds. The maximum Gasteiger partial charge on any atom is 0.267 e. The summed E-state index contributed by atoms with van der Waals surface area (Å²) in [7, 11) is 0. The van der Waals surface area contributed by atoms with Crippen LogP contribution in [0.1, 0.15) is 27.2 Å². The van der Waals surface area contributed by atoms with E-state index in [0.717, 1.165) is 28.1 Å². The minimum atomic E-state index is -0.485. The van der Waals surface area contributed by atoms with E-state index in [0.29, 0.717) is 18.7 Å². The molecule has 2 heterocycles. The number of hydrogen-bond acceptors (Lipinski definition) is 3. The highest BCUT2D eigenvalue weighted by molar-refractivity contribution is 5.94. The normalized spacial score (nSPS) is 13.2. The number of carbonyl (C=O) groups is 1. The highest BCUT2D eigenvalue weighted by atomic mass is 16.5. The number of H-pyrrole nitrogens is 1. The van der Waals surface area contributed by atoms with E-state index in [1.807, 2.05) is 26.0 Å². The Morgan fingerprint density at radius 3 is 2.95 bits per heavy atom. The summed E-state index contributed by atoms with van der Waals surface area (Å²) >= 11 is 0. The van der Waals surface area contributed by atoms with Crippen LogP contribution in [0.5, 0.6) is 5.75 Å². The molecule has 0 atom stereocenters. The number of nitrogens with two attached hydrogens (primary N) is 1. The number of hydrogen-bond donors (Lipinski definition) is 2. The SMILES string of the molecule is Cc1ccc2c(c1C)OCCc1c-2n[nH]c1C(N)=O. The zero-order valence-electron chi connectivity index (χ0n) is 10.9. The number of fused-ring (bicyclic) bond motifs is 3. The molecule has 0 aliphatic carbocycles. The minimum absolute atomic E-state index is 0.379. The number of aromatic amines is 1. The quantitative estimate of drug-likeness (QED) is 0.816. The molecule has 0 bridgehead atoms. The van der Waals surface area contributed by atoms with Gasteiger partial charge < -0.3 is 10.5 Å². The fourth-order valence-electron chi connectivity index (χ4n) is 2.45. The number of ether oxygens (including phenoxy) is 1. The molecule has 1 aliphatic heterocycles. The molecular formula is C14H15N3O2. The van der Waals surface area contributed by atoms with Crippen molar-refractivity contribution >= 4 is 5.91 Å². The van der Waals surface area contributed by atoms with Crippen LogP contribution in [0.15, 0.2) is 12.1 Å². The van der Waals surface area contributed by atoms with Crippen LogP contribution < -0.4 is 10.5 Å². The fraction of sp³-hybridized carbons (Fsp3) is 0.286. The summed E-state index contributed by atoms with van der Waals surface area (Å²) in [5.74, 6) is 0.363. The van der Waals surface area contributed by atoms with Crippen molar-refractivity contribution in [3.63, 3.8) is 0 Å². The van der Waals surface area contributed by atoms with Gasteiger partial charge in [0.15, 0.2) is 0 Å². The van der Waals surface area contributed by atoms with Gasteiger partial charge in [-0.25, -0.2) is 0 Å². The van der Waals surface area contributed by atoms with E-state index >= 15 is 0 Å². The van der Waals surface area contributed by atoms with Gasteiger partial charge in [-0.05, 0) is 31.0 Å². The Bertz CT molecular complexity index is 674. The van der Waals surface area contributed by atoms with Crippen molar-refractivity contribution in [3.05, 3.63) is 34.5 Å². The number of primary amides is 1. The predicted molar refractivity (Wildman–Crippen MR) is 71.2 cm³/mol. The molecule has 0 spiro atoms. The van der Waals surface area contributed by atoms with Crippen molar-refractivity contribution in [3.8, 4) is 17.0 Å². The molecule has 3 N–H and O–H groups in total. The summed E-state index contributed by atoms with van der Waals surface area (Å²) in [6, 6.07) is 4.01. The number of rotatable bonds is 1. The third-order valence-corrected chi connectivity index (χ3v) is 3.64. The van der Waals surface area contributed by atoms with Gasteiger partial charge in [0, 0.05) is 17.5 Å². The molecule has 0 saturated carbocycles. The topological polar surface area (TPSA) is 81.0 Å². The summed E-state index contributed by atoms with van der Waals surface area (Å²) in [5, 5.41) is 6.98. The Hall–Kier alpha value is -2.30. The summed E-state index contributed by atoms with van der Waals surface area (Å²) in [6.45, 7) is 4.59. The average Bonchev–Trinajstić information content (AvgIpc) is 2.70. The smallest absolute Gasteiger partial charge is 0.267 e. The van der Waals surface area contributed by atoms with Gasteiger partial charge in [0.05, 0.1) is 12.3 Å². The highest BCUT2D eigenvalue weighted by Crippen LogP contribution is 2.38. The van der Waals surface area contributed by atoms with Crippen molar-refractivity contribution in [2.24, 2.45) is 5.73 Å². The van der Waals surface area contributed by atoms with E-state index in [-0.39, 0.29) is 0 Å². The Labute approximate surface area is 110 Å². The van der Waals surface area contributed by atoms with Crippen LogP contribution in [0.25, 0.3) is 11.3 Å². The van der Waals surface area contributed by atoms with Crippen LogP contribution in [0.3, 0.4) is 0 Å². The Balaban J connectivity index is 2.26. The third-order valence-electron chi connectivity index (χ3n) is 3.64. The lowest BCUT2D eigenvalue weighted by atomic mass is 9.99. The van der Waals surface area contributed by atoms with Crippen molar-refractivity contribution < 1.29 is 9.53 Å². The van der Waals surface area contributed by atoms with E-state index < -0.39 is 5.91 Å². The van der Waals surface area contributed by atoms with E-state index in [9.17, 15) is 4.79 Å². The van der Waals surface area contributed by atoms with Crippen LogP contribution in [0.4, 0.5) is 0 Å². The Morgan fingerprint density at radius 1 is 1.42 bits per heavy atom. The molecule has 19 heavy (non-hydrogen) atoms. The summed E-state index contributed by atoms with van der Waals surface area (Å²) in [5.41, 5.74) is 10.5. The fourth-order valence-corrected chi connectivity index (χ4v) is 2.45. The van der Waals surface area contributed by atoms with Crippen molar-refractivity contribution in [2.75, 3.05) is 6.61 Å². The second-order valence-electron chi connectivity index (χ2n) is 4.77. The number of benzene rings is 1. The monoisotopic (exact) mass is 257 g/mol. The standard InChI is InChI=1S/C14H15N3O2/c1-7-3-4-10-11-9(12(14(15)18)17-16-11)5-6-19-13(10)8(7)2/h3-4H,5-6H2,1-2H3,(H2,15,18)(H,16,17). The minimum Gasteiger partial charge on any atom is -0.492 e. The first-order valence-electron chi connectivity index (χ1n) is 6.20. The molecule has 5 heteroatoms. The lowest BCUT2D eigenvalue weighted by Crippen LogP contribution is -2.14. The number of aryl methyl sites for hydroxylation is 1. The molecular weight excluding hydrogens is 242 g/mol. The molecule has 0 saturated heterocycles. The van der Waals surface area contributed by atoms with Crippen LogP contribution in [0, 0.1) is 13.8 Å². The van der Waals surface area contributed by atoms with E-state index in [1.54, 1.807) is 0 Å². The van der Waals surface area contributed by atoms with Gasteiger partial charge in [-0.15, -0.1) is 0 Å². The van der Waals surface area contributed by atoms with Gasteiger partial charge in [-0.2, -0.15) is 5.10 Å². The van der Waals surface area contributed by atoms with Crippen molar-refractivity contribution in [1.82, 2.24) is 10.2 Å². The third kappa shape index (κ3) is 1.69. The zero-order chi connectivity index (χ0) is 13.6. The number of nitrogens with zero attached hydrogens (tertiary/aromatic N) is 1. The first kappa shape index (κ1) is 11.8.